The van der Waals surface area contributed by atoms with Crippen molar-refractivity contribution in [3.05, 3.63) is 149 Å². The van der Waals surface area contributed by atoms with Crippen molar-refractivity contribution in [1.82, 2.24) is 0 Å². The first-order valence-electron chi connectivity index (χ1n) is 15.3. The van der Waals surface area contributed by atoms with Gasteiger partial charge < -0.3 is 13.9 Å². The molecule has 224 valence electrons. The van der Waals surface area contributed by atoms with Crippen molar-refractivity contribution in [2.24, 2.45) is 0 Å². The van der Waals surface area contributed by atoms with Crippen LogP contribution in [0.3, 0.4) is 0 Å². The van der Waals surface area contributed by atoms with Gasteiger partial charge in [-0.15, -0.1) is 0 Å². The van der Waals surface area contributed by atoms with Gasteiger partial charge in [0.25, 0.3) is 0 Å². The maximum Gasteiger partial charge on any atom is 0.178 e. The number of methoxy groups -OCH3 is 1. The molecular formula is C41H28F2O3. The first-order valence-corrected chi connectivity index (χ1v) is 15.3. The molecule has 0 amide bonds. The predicted octanol–water partition coefficient (Wildman–Crippen LogP) is 10.7. The van der Waals surface area contributed by atoms with E-state index >= 15 is 4.39 Å². The van der Waals surface area contributed by atoms with Crippen molar-refractivity contribution in [3.63, 3.8) is 0 Å². The fourth-order valence-corrected chi connectivity index (χ4v) is 7.70. The second-order valence-corrected chi connectivity index (χ2v) is 12.7. The van der Waals surface area contributed by atoms with Crippen LogP contribution in [-0.4, -0.2) is 7.11 Å². The molecule has 5 heteroatoms. The average Bonchev–Trinajstić information content (AvgIpc) is 3.56. The molecule has 1 aromatic heterocycles. The normalized spacial score (nSPS) is 17.6. The molecule has 0 radical (unpaired) electrons. The van der Waals surface area contributed by atoms with Gasteiger partial charge in [-0.25, -0.2) is 8.78 Å². The van der Waals surface area contributed by atoms with Crippen LogP contribution in [0.2, 0.25) is 0 Å². The third-order valence-corrected chi connectivity index (χ3v) is 9.88. The van der Waals surface area contributed by atoms with Crippen molar-refractivity contribution in [2.75, 3.05) is 7.11 Å². The summed E-state index contributed by atoms with van der Waals surface area (Å²) in [6, 6.07) is 31.8. The van der Waals surface area contributed by atoms with Gasteiger partial charge in [0, 0.05) is 38.3 Å². The number of benzene rings is 6. The van der Waals surface area contributed by atoms with Crippen LogP contribution in [-0.2, 0) is 11.0 Å². The van der Waals surface area contributed by atoms with Gasteiger partial charge in [-0.1, -0.05) is 68.5 Å². The number of furan rings is 1. The molecule has 3 nitrogen and oxygen atoms in total. The maximum absolute atomic E-state index is 15.1. The Kier molecular flexibility index (Phi) is 5.45. The van der Waals surface area contributed by atoms with Crippen LogP contribution < -0.4 is 9.47 Å². The van der Waals surface area contributed by atoms with Gasteiger partial charge in [0.1, 0.15) is 34.3 Å². The number of hydrogen-bond donors (Lipinski definition) is 0. The van der Waals surface area contributed by atoms with Crippen molar-refractivity contribution in [2.45, 2.75) is 24.9 Å². The zero-order valence-electron chi connectivity index (χ0n) is 25.5. The molecule has 0 bridgehead atoms. The van der Waals surface area contributed by atoms with E-state index in [-0.39, 0.29) is 11.6 Å². The third kappa shape index (κ3) is 3.57. The smallest absolute Gasteiger partial charge is 0.178 e. The first-order chi connectivity index (χ1) is 22.3. The van der Waals surface area contributed by atoms with E-state index in [0.29, 0.717) is 11.1 Å². The van der Waals surface area contributed by atoms with E-state index in [1.807, 2.05) is 66.7 Å². The highest BCUT2D eigenvalue weighted by molar-refractivity contribution is 6.09. The number of para-hydroxylation sites is 1. The highest BCUT2D eigenvalue weighted by atomic mass is 19.1. The summed E-state index contributed by atoms with van der Waals surface area (Å²) in [5.41, 5.74) is 6.55. The molecule has 0 saturated carbocycles. The van der Waals surface area contributed by atoms with Gasteiger partial charge in [0.2, 0.25) is 0 Å². The second-order valence-electron chi connectivity index (χ2n) is 12.7. The van der Waals surface area contributed by atoms with Crippen LogP contribution in [0, 0.1) is 11.6 Å². The standard InChI is InChI=1S/C41H28F2O3/c1-40(2)34-22-26(43)12-16-30(34)37-29-15-11-25(42)21-33(29)39-31(38(37)40)18-19-41(46-39,23-8-13-27(44-3)14-9-23)24-10-17-36-32(20-24)28-6-4-5-7-35(28)45-36/h4-22H,1-3H3. The van der Waals surface area contributed by atoms with E-state index in [1.165, 1.54) is 12.1 Å². The zero-order valence-corrected chi connectivity index (χ0v) is 25.5. The molecule has 1 atom stereocenters. The summed E-state index contributed by atoms with van der Waals surface area (Å²) in [4.78, 5) is 0. The summed E-state index contributed by atoms with van der Waals surface area (Å²) in [5, 5.41) is 3.52. The lowest BCUT2D eigenvalue weighted by molar-refractivity contribution is 0.163. The van der Waals surface area contributed by atoms with Gasteiger partial charge in [-0.05, 0) is 88.3 Å². The van der Waals surface area contributed by atoms with Gasteiger partial charge in [0.15, 0.2) is 5.60 Å². The van der Waals surface area contributed by atoms with Crippen LogP contribution in [0.4, 0.5) is 8.78 Å². The third-order valence-electron chi connectivity index (χ3n) is 9.88. The molecule has 0 fully saturated rings. The van der Waals surface area contributed by atoms with E-state index in [2.05, 4.69) is 38.1 Å². The molecule has 2 aliphatic rings. The van der Waals surface area contributed by atoms with Gasteiger partial charge >= 0.3 is 0 Å². The summed E-state index contributed by atoms with van der Waals surface area (Å²) in [6.45, 7) is 4.23. The van der Waals surface area contributed by atoms with E-state index in [1.54, 1.807) is 19.2 Å². The molecule has 1 aliphatic carbocycles. The minimum absolute atomic E-state index is 0.281. The SMILES string of the molecule is COc1ccc(C2(c3ccc4oc5ccccc5c4c3)C=Cc3c4c(c5ccc(F)cc5c3O2)-c2ccc(F)cc2C4(C)C)cc1. The highest BCUT2D eigenvalue weighted by Gasteiger charge is 2.44. The number of hydrogen-bond acceptors (Lipinski definition) is 3. The van der Waals surface area contributed by atoms with Crippen LogP contribution in [0.25, 0.3) is 49.9 Å². The molecule has 2 heterocycles. The number of fused-ring (bicyclic) bond motifs is 11. The minimum Gasteiger partial charge on any atom is -0.497 e. The number of ether oxygens (including phenoxy) is 2. The highest BCUT2D eigenvalue weighted by Crippen LogP contribution is 2.58. The number of halogens is 2. The number of rotatable bonds is 3. The van der Waals surface area contributed by atoms with Crippen molar-refractivity contribution in [3.8, 4) is 22.6 Å². The quantitative estimate of drug-likeness (QED) is 0.201. The Balaban J connectivity index is 1.35. The Hall–Kier alpha value is -5.42. The molecule has 0 N–H and O–H groups in total. The molecule has 1 unspecified atom stereocenters. The van der Waals surface area contributed by atoms with Crippen molar-refractivity contribution < 1.29 is 22.7 Å². The fourth-order valence-electron chi connectivity index (χ4n) is 7.70. The fraction of sp³-hybridized carbons (Fsp3) is 0.122. The Labute approximate surface area is 264 Å². The van der Waals surface area contributed by atoms with Gasteiger partial charge in [0.05, 0.1) is 7.11 Å². The lowest BCUT2D eigenvalue weighted by Gasteiger charge is -2.38. The molecule has 0 saturated heterocycles. The summed E-state index contributed by atoms with van der Waals surface area (Å²) < 4.78 is 48.7. The first kappa shape index (κ1) is 26.9. The van der Waals surface area contributed by atoms with E-state index in [9.17, 15) is 4.39 Å². The summed E-state index contributed by atoms with van der Waals surface area (Å²) in [5.74, 6) is 0.680. The molecule has 0 spiro atoms. The second kappa shape index (κ2) is 9.30. The van der Waals surface area contributed by atoms with Crippen LogP contribution in [0.1, 0.15) is 41.7 Å². The molecular weight excluding hydrogens is 578 g/mol. The summed E-state index contributed by atoms with van der Waals surface area (Å²) in [7, 11) is 1.64. The molecule has 46 heavy (non-hydrogen) atoms. The largest absolute Gasteiger partial charge is 0.497 e. The Bertz CT molecular complexity index is 2430. The lowest BCUT2D eigenvalue weighted by Crippen LogP contribution is -2.35. The minimum atomic E-state index is -1.07. The zero-order chi connectivity index (χ0) is 31.4. The lowest BCUT2D eigenvalue weighted by atomic mass is 9.76. The Morgan fingerprint density at radius 1 is 0.674 bits per heavy atom. The molecule has 7 aromatic rings. The Morgan fingerprint density at radius 2 is 1.41 bits per heavy atom. The van der Waals surface area contributed by atoms with Crippen LogP contribution in [0.15, 0.2) is 114 Å². The van der Waals surface area contributed by atoms with Crippen molar-refractivity contribution in [1.29, 1.82) is 0 Å². The maximum atomic E-state index is 15.1. The molecule has 6 aromatic carbocycles. The van der Waals surface area contributed by atoms with Gasteiger partial charge in [-0.2, -0.15) is 0 Å². The van der Waals surface area contributed by atoms with E-state index < -0.39 is 11.0 Å². The molecule has 1 aliphatic heterocycles. The van der Waals surface area contributed by atoms with E-state index in [4.69, 9.17) is 13.9 Å². The van der Waals surface area contributed by atoms with Crippen LogP contribution in [0.5, 0.6) is 11.5 Å². The average molecular weight is 607 g/mol. The predicted molar refractivity (Wildman–Crippen MR) is 179 cm³/mol. The van der Waals surface area contributed by atoms with Crippen LogP contribution >= 0.6 is 0 Å². The Morgan fingerprint density at radius 3 is 2.24 bits per heavy atom. The summed E-state index contributed by atoms with van der Waals surface area (Å²) in [6.07, 6.45) is 4.19. The summed E-state index contributed by atoms with van der Waals surface area (Å²) >= 11 is 0. The molecule has 9 rings (SSSR count). The monoisotopic (exact) mass is 606 g/mol. The van der Waals surface area contributed by atoms with Gasteiger partial charge in [-0.3, -0.25) is 0 Å². The van der Waals surface area contributed by atoms with Crippen molar-refractivity contribution >= 4 is 38.8 Å². The topological polar surface area (TPSA) is 31.6 Å². The van der Waals surface area contributed by atoms with E-state index in [0.717, 1.165) is 72.0 Å².